The van der Waals surface area contributed by atoms with Gasteiger partial charge < -0.3 is 10.6 Å². The number of nitrogens with zero attached hydrogens (tertiary/aromatic N) is 1. The van der Waals surface area contributed by atoms with Gasteiger partial charge in [-0.2, -0.15) is 0 Å². The fraction of sp³-hybridized carbons (Fsp3) is 0.533. The minimum absolute atomic E-state index is 0.0774. The van der Waals surface area contributed by atoms with Crippen LogP contribution in [0.3, 0.4) is 0 Å². The molecule has 1 aliphatic heterocycles. The zero-order chi connectivity index (χ0) is 13.7. The van der Waals surface area contributed by atoms with Crippen LogP contribution in [0.5, 0.6) is 0 Å². The Balaban J connectivity index is 1.87. The molecule has 0 aromatic heterocycles. The molecule has 1 amide bonds. The molecule has 0 aliphatic carbocycles. The van der Waals surface area contributed by atoms with Crippen LogP contribution in [0.1, 0.15) is 18.4 Å². The molecule has 1 unspecified atom stereocenters. The quantitative estimate of drug-likeness (QED) is 0.846. The molecule has 4 heteroatoms. The van der Waals surface area contributed by atoms with E-state index in [2.05, 4.69) is 15.5 Å². The summed E-state index contributed by atoms with van der Waals surface area (Å²) in [5, 5.41) is 6.17. The van der Waals surface area contributed by atoms with Crippen molar-refractivity contribution in [2.45, 2.75) is 25.8 Å². The maximum Gasteiger partial charge on any atom is 0.238 e. The summed E-state index contributed by atoms with van der Waals surface area (Å²) >= 11 is 0. The Kier molecular flexibility index (Phi) is 4.93. The van der Waals surface area contributed by atoms with Gasteiger partial charge in [0.25, 0.3) is 0 Å². The van der Waals surface area contributed by atoms with Gasteiger partial charge in [-0.05, 0) is 51.1 Å². The van der Waals surface area contributed by atoms with E-state index in [1.165, 1.54) is 12.8 Å². The second kappa shape index (κ2) is 6.68. The van der Waals surface area contributed by atoms with Gasteiger partial charge in [0.15, 0.2) is 0 Å². The number of amides is 1. The number of hydrogen-bond acceptors (Lipinski definition) is 3. The number of nitrogens with one attached hydrogen (secondary N) is 2. The molecule has 0 radical (unpaired) electrons. The average molecular weight is 261 g/mol. The molecule has 1 aliphatic rings. The van der Waals surface area contributed by atoms with Crippen LogP contribution < -0.4 is 10.6 Å². The number of anilines is 1. The minimum Gasteiger partial charge on any atom is -0.325 e. The molecule has 0 bridgehead atoms. The first-order valence-corrected chi connectivity index (χ1v) is 6.94. The van der Waals surface area contributed by atoms with Gasteiger partial charge in [-0.15, -0.1) is 0 Å². The van der Waals surface area contributed by atoms with Gasteiger partial charge in [-0.25, -0.2) is 0 Å². The van der Waals surface area contributed by atoms with Gasteiger partial charge in [0.05, 0.1) is 6.54 Å². The van der Waals surface area contributed by atoms with Crippen molar-refractivity contribution in [2.24, 2.45) is 0 Å². The Bertz CT molecular complexity index is 433. The van der Waals surface area contributed by atoms with Crippen molar-refractivity contribution in [2.75, 3.05) is 32.0 Å². The largest absolute Gasteiger partial charge is 0.325 e. The molecule has 0 spiro atoms. The van der Waals surface area contributed by atoms with Gasteiger partial charge >= 0.3 is 0 Å². The molecule has 1 aromatic rings. The first-order chi connectivity index (χ1) is 9.19. The Hall–Kier alpha value is -1.39. The molecule has 2 rings (SSSR count). The van der Waals surface area contributed by atoms with Crippen LogP contribution in [-0.2, 0) is 4.79 Å². The lowest BCUT2D eigenvalue weighted by Gasteiger charge is -2.23. The van der Waals surface area contributed by atoms with Crippen LogP contribution in [0.15, 0.2) is 24.3 Å². The lowest BCUT2D eigenvalue weighted by atomic mass is 10.2. The Morgan fingerprint density at radius 1 is 1.47 bits per heavy atom. The number of benzene rings is 1. The van der Waals surface area contributed by atoms with Crippen LogP contribution in [-0.4, -0.2) is 43.5 Å². The predicted molar refractivity (Wildman–Crippen MR) is 78.3 cm³/mol. The number of aryl methyl sites for hydroxylation is 1. The van der Waals surface area contributed by atoms with E-state index in [9.17, 15) is 4.79 Å². The molecular weight excluding hydrogens is 238 g/mol. The summed E-state index contributed by atoms with van der Waals surface area (Å²) in [5.41, 5.74) is 2.04. The van der Waals surface area contributed by atoms with Crippen LogP contribution in [0.25, 0.3) is 0 Å². The summed E-state index contributed by atoms with van der Waals surface area (Å²) in [6.07, 6.45) is 2.36. The Labute approximate surface area is 115 Å². The van der Waals surface area contributed by atoms with E-state index >= 15 is 0 Å². The highest BCUT2D eigenvalue weighted by Gasteiger charge is 2.25. The normalized spacial score (nSPS) is 19.6. The van der Waals surface area contributed by atoms with E-state index in [4.69, 9.17) is 0 Å². The van der Waals surface area contributed by atoms with Gasteiger partial charge in [0, 0.05) is 18.3 Å². The van der Waals surface area contributed by atoms with Crippen molar-refractivity contribution in [1.82, 2.24) is 10.2 Å². The van der Waals surface area contributed by atoms with Gasteiger partial charge in [-0.1, -0.05) is 12.1 Å². The summed E-state index contributed by atoms with van der Waals surface area (Å²) in [6, 6.07) is 8.41. The molecular formula is C15H23N3O. The third-order valence-electron chi connectivity index (χ3n) is 3.59. The average Bonchev–Trinajstić information content (AvgIpc) is 2.77. The molecule has 1 aromatic carbocycles. The Morgan fingerprint density at radius 2 is 2.32 bits per heavy atom. The number of carbonyl (C=O) groups excluding carboxylic acids is 1. The first kappa shape index (κ1) is 14.0. The van der Waals surface area contributed by atoms with Crippen molar-refractivity contribution in [1.29, 1.82) is 0 Å². The summed E-state index contributed by atoms with van der Waals surface area (Å²) in [5.74, 6) is 0.0774. The van der Waals surface area contributed by atoms with Crippen molar-refractivity contribution in [3.63, 3.8) is 0 Å². The molecule has 0 saturated carbocycles. The number of carbonyl (C=O) groups is 1. The maximum atomic E-state index is 12.1. The monoisotopic (exact) mass is 261 g/mol. The van der Waals surface area contributed by atoms with Crippen molar-refractivity contribution < 1.29 is 4.79 Å². The first-order valence-electron chi connectivity index (χ1n) is 6.94. The lowest BCUT2D eigenvalue weighted by molar-refractivity contribution is -0.117. The summed E-state index contributed by atoms with van der Waals surface area (Å²) < 4.78 is 0. The maximum absolute atomic E-state index is 12.1. The van der Waals surface area contributed by atoms with E-state index < -0.39 is 0 Å². The molecule has 19 heavy (non-hydrogen) atoms. The number of likely N-dealkylation sites (tertiary alicyclic amines) is 1. The van der Waals surface area contributed by atoms with Crippen LogP contribution in [0, 0.1) is 6.92 Å². The highest BCUT2D eigenvalue weighted by Crippen LogP contribution is 2.16. The van der Waals surface area contributed by atoms with Crippen LogP contribution in [0.4, 0.5) is 5.69 Å². The smallest absolute Gasteiger partial charge is 0.238 e. The standard InChI is InChI=1S/C15H23N3O/c1-12-5-3-6-13(9-12)17-15(19)11-18-8-4-7-14(18)10-16-2/h3,5-6,9,14,16H,4,7-8,10-11H2,1-2H3,(H,17,19). The van der Waals surface area contributed by atoms with E-state index in [-0.39, 0.29) is 5.91 Å². The highest BCUT2D eigenvalue weighted by atomic mass is 16.2. The van der Waals surface area contributed by atoms with E-state index in [1.54, 1.807) is 0 Å². The topological polar surface area (TPSA) is 44.4 Å². The third-order valence-corrected chi connectivity index (χ3v) is 3.59. The lowest BCUT2D eigenvalue weighted by Crippen LogP contribution is -2.41. The number of hydrogen-bond donors (Lipinski definition) is 2. The second-order valence-electron chi connectivity index (χ2n) is 5.24. The van der Waals surface area contributed by atoms with Crippen LogP contribution in [0.2, 0.25) is 0 Å². The SMILES string of the molecule is CNCC1CCCN1CC(=O)Nc1cccc(C)c1. The summed E-state index contributed by atoms with van der Waals surface area (Å²) in [7, 11) is 1.96. The van der Waals surface area contributed by atoms with E-state index in [1.807, 2.05) is 38.2 Å². The fourth-order valence-corrected chi connectivity index (χ4v) is 2.68. The zero-order valence-electron chi connectivity index (χ0n) is 11.8. The van der Waals surface area contributed by atoms with Gasteiger partial charge in [-0.3, -0.25) is 9.69 Å². The molecule has 1 fully saturated rings. The third kappa shape index (κ3) is 4.04. The highest BCUT2D eigenvalue weighted by molar-refractivity contribution is 5.92. The van der Waals surface area contributed by atoms with Gasteiger partial charge in [0.1, 0.15) is 0 Å². The molecule has 4 nitrogen and oxygen atoms in total. The molecule has 1 heterocycles. The van der Waals surface area contributed by atoms with E-state index in [0.717, 1.165) is 24.3 Å². The minimum atomic E-state index is 0.0774. The molecule has 104 valence electrons. The van der Waals surface area contributed by atoms with Crippen LogP contribution >= 0.6 is 0 Å². The predicted octanol–water partition coefficient (Wildman–Crippen LogP) is 1.62. The fourth-order valence-electron chi connectivity index (χ4n) is 2.68. The number of likely N-dealkylation sites (N-methyl/N-ethyl adjacent to an activating group) is 1. The molecule has 2 N–H and O–H groups in total. The molecule has 1 saturated heterocycles. The Morgan fingerprint density at radius 3 is 3.05 bits per heavy atom. The molecule has 1 atom stereocenters. The van der Waals surface area contributed by atoms with Gasteiger partial charge in [0.2, 0.25) is 5.91 Å². The summed E-state index contributed by atoms with van der Waals surface area (Å²) in [4.78, 5) is 14.3. The number of rotatable bonds is 5. The second-order valence-corrected chi connectivity index (χ2v) is 5.24. The van der Waals surface area contributed by atoms with E-state index in [0.29, 0.717) is 12.6 Å². The zero-order valence-corrected chi connectivity index (χ0v) is 11.8. The summed E-state index contributed by atoms with van der Waals surface area (Å²) in [6.45, 7) is 4.49. The van der Waals surface area contributed by atoms with Crippen molar-refractivity contribution in [3.05, 3.63) is 29.8 Å². The van der Waals surface area contributed by atoms with Crippen molar-refractivity contribution in [3.8, 4) is 0 Å². The van der Waals surface area contributed by atoms with Crippen molar-refractivity contribution >= 4 is 11.6 Å².